The van der Waals surface area contributed by atoms with Gasteiger partial charge < -0.3 is 9.47 Å². The number of rotatable bonds is 11. The summed E-state index contributed by atoms with van der Waals surface area (Å²) in [6, 6.07) is 12.4. The van der Waals surface area contributed by atoms with Crippen molar-refractivity contribution in [3.8, 4) is 5.75 Å². The molecule has 11 heteroatoms. The minimum absolute atomic E-state index is 0. The van der Waals surface area contributed by atoms with Crippen LogP contribution >= 0.6 is 23.7 Å². The highest BCUT2D eigenvalue weighted by Crippen LogP contribution is 2.32. The molecule has 208 valence electrons. The van der Waals surface area contributed by atoms with Crippen LogP contribution in [0.3, 0.4) is 0 Å². The van der Waals surface area contributed by atoms with E-state index < -0.39 is 15.1 Å². The molecule has 0 unspecified atom stereocenters. The SMILES string of the molecule is CCOc1ccc2nc(N(CCCN3CCOCC3)C(=O)Cc3ccc(S(=O)(=O)C(C)C)cc3)sc2c1.Cl. The van der Waals surface area contributed by atoms with Crippen molar-refractivity contribution in [1.82, 2.24) is 9.88 Å². The predicted octanol–water partition coefficient (Wildman–Crippen LogP) is 4.60. The lowest BCUT2D eigenvalue weighted by atomic mass is 10.1. The summed E-state index contributed by atoms with van der Waals surface area (Å²) in [6.07, 6.45) is 0.983. The van der Waals surface area contributed by atoms with E-state index in [1.54, 1.807) is 43.0 Å². The zero-order chi connectivity index (χ0) is 26.4. The fourth-order valence-corrected chi connectivity index (χ4v) is 6.31. The van der Waals surface area contributed by atoms with Gasteiger partial charge in [0.1, 0.15) is 5.75 Å². The molecule has 1 fully saturated rings. The smallest absolute Gasteiger partial charge is 0.233 e. The number of hydrogen-bond donors (Lipinski definition) is 0. The maximum absolute atomic E-state index is 13.5. The van der Waals surface area contributed by atoms with Crippen LogP contribution in [0.2, 0.25) is 0 Å². The third-order valence-corrected chi connectivity index (χ3v) is 9.59. The summed E-state index contributed by atoms with van der Waals surface area (Å²) in [6.45, 7) is 10.6. The van der Waals surface area contributed by atoms with Gasteiger partial charge in [-0.25, -0.2) is 13.4 Å². The lowest BCUT2D eigenvalue weighted by Crippen LogP contribution is -2.39. The number of amides is 1. The molecule has 1 aromatic heterocycles. The fraction of sp³-hybridized carbons (Fsp3) is 0.481. The summed E-state index contributed by atoms with van der Waals surface area (Å²) in [5, 5.41) is 0.166. The Bertz CT molecular complexity index is 1310. The summed E-state index contributed by atoms with van der Waals surface area (Å²) in [5.74, 6) is 0.720. The summed E-state index contributed by atoms with van der Waals surface area (Å²) >= 11 is 1.48. The average Bonchev–Trinajstić information content (AvgIpc) is 3.30. The molecule has 38 heavy (non-hydrogen) atoms. The molecule has 8 nitrogen and oxygen atoms in total. The number of halogens is 1. The summed E-state index contributed by atoms with van der Waals surface area (Å²) in [4.78, 5) is 22.7. The molecule has 0 bridgehead atoms. The number of hydrogen-bond acceptors (Lipinski definition) is 8. The Hall–Kier alpha value is -2.24. The Labute approximate surface area is 235 Å². The van der Waals surface area contributed by atoms with Crippen LogP contribution in [0.25, 0.3) is 10.2 Å². The Morgan fingerprint density at radius 1 is 1.16 bits per heavy atom. The average molecular weight is 582 g/mol. The van der Waals surface area contributed by atoms with E-state index in [9.17, 15) is 13.2 Å². The quantitative estimate of drug-likeness (QED) is 0.327. The van der Waals surface area contributed by atoms with E-state index in [1.165, 1.54) is 11.3 Å². The third-order valence-electron chi connectivity index (χ3n) is 6.38. The van der Waals surface area contributed by atoms with Crippen molar-refractivity contribution in [3.63, 3.8) is 0 Å². The minimum Gasteiger partial charge on any atom is -0.494 e. The lowest BCUT2D eigenvalue weighted by Gasteiger charge is -2.27. The van der Waals surface area contributed by atoms with Gasteiger partial charge in [-0.15, -0.1) is 12.4 Å². The van der Waals surface area contributed by atoms with Crippen molar-refractivity contribution in [2.24, 2.45) is 0 Å². The molecular weight excluding hydrogens is 546 g/mol. The van der Waals surface area contributed by atoms with Crippen molar-refractivity contribution in [3.05, 3.63) is 48.0 Å². The third kappa shape index (κ3) is 7.45. The first-order valence-corrected chi connectivity index (χ1v) is 15.1. The van der Waals surface area contributed by atoms with E-state index in [2.05, 4.69) is 4.90 Å². The number of carbonyl (C=O) groups is 1. The minimum atomic E-state index is -3.35. The second-order valence-electron chi connectivity index (χ2n) is 9.33. The van der Waals surface area contributed by atoms with E-state index >= 15 is 0 Å². The van der Waals surface area contributed by atoms with Gasteiger partial charge in [0, 0.05) is 26.2 Å². The number of anilines is 1. The molecule has 0 aliphatic carbocycles. The van der Waals surface area contributed by atoms with Crippen LogP contribution in [0.1, 0.15) is 32.8 Å². The Balaban J connectivity index is 0.00000400. The van der Waals surface area contributed by atoms with Crippen LogP contribution in [0.5, 0.6) is 5.75 Å². The zero-order valence-corrected chi connectivity index (χ0v) is 24.5. The van der Waals surface area contributed by atoms with Crippen LogP contribution in [0, 0.1) is 0 Å². The van der Waals surface area contributed by atoms with Gasteiger partial charge in [0.25, 0.3) is 0 Å². The lowest BCUT2D eigenvalue weighted by molar-refractivity contribution is -0.118. The number of fused-ring (bicyclic) bond motifs is 1. The number of nitrogens with zero attached hydrogens (tertiary/aromatic N) is 3. The van der Waals surface area contributed by atoms with E-state index in [4.69, 9.17) is 14.5 Å². The number of aromatic nitrogens is 1. The molecule has 0 N–H and O–H groups in total. The number of ether oxygens (including phenoxy) is 2. The maximum Gasteiger partial charge on any atom is 0.233 e. The highest BCUT2D eigenvalue weighted by molar-refractivity contribution is 7.92. The van der Waals surface area contributed by atoms with Crippen LogP contribution in [0.4, 0.5) is 5.13 Å². The molecule has 2 heterocycles. The number of carbonyl (C=O) groups excluding carboxylic acids is 1. The molecule has 4 rings (SSSR count). The molecule has 0 radical (unpaired) electrons. The normalized spacial score (nSPS) is 14.4. The van der Waals surface area contributed by atoms with Gasteiger partial charge in [-0.3, -0.25) is 14.6 Å². The molecule has 1 aliphatic rings. The van der Waals surface area contributed by atoms with Crippen molar-refractivity contribution in [1.29, 1.82) is 0 Å². The second-order valence-corrected chi connectivity index (χ2v) is 12.8. The van der Waals surface area contributed by atoms with Crippen molar-refractivity contribution >= 4 is 54.8 Å². The van der Waals surface area contributed by atoms with Gasteiger partial charge in [0.15, 0.2) is 15.0 Å². The Morgan fingerprint density at radius 3 is 2.53 bits per heavy atom. The number of sulfone groups is 1. The van der Waals surface area contributed by atoms with E-state index in [1.807, 2.05) is 25.1 Å². The Kier molecular flexibility index (Phi) is 10.9. The molecule has 0 spiro atoms. The topological polar surface area (TPSA) is 89.0 Å². The largest absolute Gasteiger partial charge is 0.494 e. The van der Waals surface area contributed by atoms with Gasteiger partial charge >= 0.3 is 0 Å². The van der Waals surface area contributed by atoms with Crippen molar-refractivity contribution in [2.75, 3.05) is 50.9 Å². The molecule has 1 saturated heterocycles. The van der Waals surface area contributed by atoms with Crippen LogP contribution < -0.4 is 9.64 Å². The first kappa shape index (κ1) is 30.3. The highest BCUT2D eigenvalue weighted by Gasteiger charge is 2.22. The highest BCUT2D eigenvalue weighted by atomic mass is 35.5. The van der Waals surface area contributed by atoms with E-state index in [0.717, 1.165) is 60.8 Å². The molecule has 3 aromatic rings. The summed E-state index contributed by atoms with van der Waals surface area (Å²) in [7, 11) is -3.35. The maximum atomic E-state index is 13.5. The molecule has 0 atom stereocenters. The molecular formula is C27H36ClN3O5S2. The van der Waals surface area contributed by atoms with Gasteiger partial charge in [-0.2, -0.15) is 0 Å². The number of thiazole rings is 1. The summed E-state index contributed by atoms with van der Waals surface area (Å²) < 4.78 is 36.9. The molecule has 1 amide bonds. The van der Waals surface area contributed by atoms with E-state index in [0.29, 0.717) is 18.3 Å². The second kappa shape index (κ2) is 13.7. The van der Waals surface area contributed by atoms with Crippen LogP contribution in [-0.2, 0) is 25.8 Å². The zero-order valence-electron chi connectivity index (χ0n) is 22.1. The first-order valence-electron chi connectivity index (χ1n) is 12.7. The molecule has 1 aliphatic heterocycles. The number of benzene rings is 2. The van der Waals surface area contributed by atoms with Gasteiger partial charge in [0.05, 0.1) is 46.6 Å². The molecule has 0 saturated carbocycles. The monoisotopic (exact) mass is 581 g/mol. The predicted molar refractivity (Wildman–Crippen MR) is 155 cm³/mol. The van der Waals surface area contributed by atoms with E-state index in [-0.39, 0.29) is 29.6 Å². The van der Waals surface area contributed by atoms with Crippen LogP contribution in [0.15, 0.2) is 47.4 Å². The van der Waals surface area contributed by atoms with Gasteiger partial charge in [0.2, 0.25) is 5.91 Å². The van der Waals surface area contributed by atoms with Crippen LogP contribution in [-0.4, -0.2) is 75.5 Å². The number of morpholine rings is 1. The fourth-order valence-electron chi connectivity index (χ4n) is 4.21. The molecule has 2 aromatic carbocycles. The van der Waals surface area contributed by atoms with Gasteiger partial charge in [-0.05, 0) is 63.1 Å². The standard InChI is InChI=1S/C27H35N3O5S2.ClH/c1-4-35-22-8-11-24-25(19-22)36-27(28-24)30(13-5-12-29-14-16-34-17-15-29)26(31)18-21-6-9-23(10-7-21)37(32,33)20(2)3;/h6-11,19-20H,4-5,12-18H2,1-3H3;1H. The first-order chi connectivity index (χ1) is 17.8. The summed E-state index contributed by atoms with van der Waals surface area (Å²) in [5.41, 5.74) is 1.60. The Morgan fingerprint density at radius 2 is 1.87 bits per heavy atom. The van der Waals surface area contributed by atoms with Crippen molar-refractivity contribution < 1.29 is 22.7 Å². The van der Waals surface area contributed by atoms with Gasteiger partial charge in [-0.1, -0.05) is 23.5 Å². The van der Waals surface area contributed by atoms with Crippen molar-refractivity contribution in [2.45, 2.75) is 43.8 Å².